The summed E-state index contributed by atoms with van der Waals surface area (Å²) >= 11 is 0. The Labute approximate surface area is 158 Å². The molecule has 2 atom stereocenters. The molecule has 0 bridgehead atoms. The SMILES string of the molecule is O=C(O)C1=N[C@H](C(=O)O)CC(CC=[N+]2c3cc(O)c(O)cc3C[C@H]2C(=O)O)=C1. The van der Waals surface area contributed by atoms with E-state index < -0.39 is 35.7 Å². The van der Waals surface area contributed by atoms with E-state index in [1.54, 1.807) is 0 Å². The molecule has 0 aromatic heterocycles. The van der Waals surface area contributed by atoms with Gasteiger partial charge in [0.05, 0.1) is 12.5 Å². The van der Waals surface area contributed by atoms with Gasteiger partial charge >= 0.3 is 17.9 Å². The van der Waals surface area contributed by atoms with E-state index in [1.165, 1.54) is 29.0 Å². The van der Waals surface area contributed by atoms with Crippen molar-refractivity contribution in [1.82, 2.24) is 0 Å². The summed E-state index contributed by atoms with van der Waals surface area (Å²) in [7, 11) is 0. The highest BCUT2D eigenvalue weighted by molar-refractivity contribution is 6.41. The van der Waals surface area contributed by atoms with Gasteiger partial charge in [-0.3, -0.25) is 4.99 Å². The summed E-state index contributed by atoms with van der Waals surface area (Å²) in [6.07, 6.45) is 2.99. The average Bonchev–Trinajstić information content (AvgIpc) is 2.97. The van der Waals surface area contributed by atoms with Gasteiger partial charge in [-0.2, -0.15) is 4.58 Å². The largest absolute Gasteiger partial charge is 0.504 e. The number of benzene rings is 1. The second-order valence-corrected chi connectivity index (χ2v) is 6.50. The molecule has 28 heavy (non-hydrogen) atoms. The normalized spacial score (nSPS) is 22.4. The minimum atomic E-state index is -1.35. The van der Waals surface area contributed by atoms with Gasteiger partial charge in [-0.1, -0.05) is 5.57 Å². The topological polar surface area (TPSA) is 168 Å². The van der Waals surface area contributed by atoms with E-state index >= 15 is 0 Å². The molecule has 0 saturated carbocycles. The molecular formula is C18H17N2O8+. The number of phenolic OH excluding ortho intramolecular Hbond substituents is 2. The molecule has 0 saturated heterocycles. The Morgan fingerprint density at radius 3 is 2.36 bits per heavy atom. The molecule has 3 rings (SSSR count). The number of phenols is 2. The molecule has 2 aliphatic heterocycles. The van der Waals surface area contributed by atoms with Crippen LogP contribution in [0.3, 0.4) is 0 Å². The lowest BCUT2D eigenvalue weighted by molar-refractivity contribution is -0.458. The zero-order valence-corrected chi connectivity index (χ0v) is 14.4. The van der Waals surface area contributed by atoms with Crippen LogP contribution in [0.15, 0.2) is 28.8 Å². The highest BCUT2D eigenvalue weighted by atomic mass is 16.4. The molecule has 0 radical (unpaired) electrons. The van der Waals surface area contributed by atoms with Crippen LogP contribution in [0.25, 0.3) is 0 Å². The number of aliphatic carboxylic acids is 3. The summed E-state index contributed by atoms with van der Waals surface area (Å²) in [5.41, 5.74) is 1.04. The molecule has 1 aromatic rings. The van der Waals surface area contributed by atoms with Crippen molar-refractivity contribution in [1.29, 1.82) is 0 Å². The second-order valence-electron chi connectivity index (χ2n) is 6.50. The number of aliphatic imine (C=N–C) groups is 1. The molecule has 0 amide bonds. The predicted molar refractivity (Wildman–Crippen MR) is 94.7 cm³/mol. The van der Waals surface area contributed by atoms with E-state index in [2.05, 4.69) is 4.99 Å². The van der Waals surface area contributed by atoms with Crippen molar-refractivity contribution in [2.75, 3.05) is 0 Å². The van der Waals surface area contributed by atoms with Crippen LogP contribution in [0.2, 0.25) is 0 Å². The molecule has 10 heteroatoms. The van der Waals surface area contributed by atoms with E-state index in [1.807, 2.05) is 0 Å². The van der Waals surface area contributed by atoms with Gasteiger partial charge in [0.25, 0.3) is 6.04 Å². The van der Waals surface area contributed by atoms with Crippen molar-refractivity contribution in [3.05, 3.63) is 29.3 Å². The first-order chi connectivity index (χ1) is 13.2. The summed E-state index contributed by atoms with van der Waals surface area (Å²) in [5.74, 6) is -4.46. The van der Waals surface area contributed by atoms with Gasteiger partial charge in [0.2, 0.25) is 5.69 Å². The number of fused-ring (bicyclic) bond motifs is 1. The molecule has 0 spiro atoms. The minimum Gasteiger partial charge on any atom is -0.504 e. The predicted octanol–water partition coefficient (Wildman–Crippen LogP) is 0.521. The van der Waals surface area contributed by atoms with Crippen LogP contribution in [-0.2, 0) is 20.8 Å². The molecule has 146 valence electrons. The summed E-state index contributed by atoms with van der Waals surface area (Å²) in [6.45, 7) is 0. The second kappa shape index (κ2) is 7.14. The number of rotatable bonds is 5. The molecule has 0 unspecified atom stereocenters. The zero-order chi connectivity index (χ0) is 20.6. The van der Waals surface area contributed by atoms with E-state index in [0.717, 1.165) is 0 Å². The third-order valence-corrected chi connectivity index (χ3v) is 4.63. The van der Waals surface area contributed by atoms with Gasteiger partial charge in [0, 0.05) is 18.4 Å². The van der Waals surface area contributed by atoms with Gasteiger partial charge in [-0.15, -0.1) is 0 Å². The smallest absolute Gasteiger partial charge is 0.373 e. The van der Waals surface area contributed by atoms with Gasteiger partial charge in [0.15, 0.2) is 23.8 Å². The van der Waals surface area contributed by atoms with Crippen molar-refractivity contribution in [2.24, 2.45) is 4.99 Å². The number of carboxylic acid groups (broad SMARTS) is 3. The third kappa shape index (κ3) is 3.56. The maximum absolute atomic E-state index is 11.6. The summed E-state index contributed by atoms with van der Waals surface area (Å²) < 4.78 is 1.42. The minimum absolute atomic E-state index is 0.00186. The Kier molecular flexibility index (Phi) is 4.87. The molecular weight excluding hydrogens is 372 g/mol. The number of hydrogen-bond donors (Lipinski definition) is 5. The number of carboxylic acids is 3. The first-order valence-corrected chi connectivity index (χ1v) is 8.30. The molecule has 10 nitrogen and oxygen atoms in total. The maximum Gasteiger partial charge on any atom is 0.373 e. The highest BCUT2D eigenvalue weighted by Gasteiger charge is 2.40. The molecule has 2 heterocycles. The Hall–Kier alpha value is -3.69. The highest BCUT2D eigenvalue weighted by Crippen LogP contribution is 2.38. The third-order valence-electron chi connectivity index (χ3n) is 4.63. The standard InChI is InChI=1S/C18H16N2O8/c21-14-6-9-5-13(18(27)28)20(12(9)7-15(14)22)2-1-8-3-10(16(23)24)19-11(4-8)17(25)26/h2-3,6-7,11,13H,1,4-5H2,(H4-,21,22,23,24,25,26,27,28)/p+1/t11-,13-/m0/s1. The molecule has 0 aliphatic carbocycles. The fraction of sp³-hybridized carbons (Fsp3) is 0.278. The first-order valence-electron chi connectivity index (χ1n) is 8.30. The van der Waals surface area contributed by atoms with Crippen LogP contribution in [0.4, 0.5) is 5.69 Å². The van der Waals surface area contributed by atoms with Gasteiger partial charge < -0.3 is 25.5 Å². The quantitative estimate of drug-likeness (QED) is 0.359. The Bertz CT molecular complexity index is 976. The van der Waals surface area contributed by atoms with Gasteiger partial charge in [-0.05, 0) is 12.1 Å². The van der Waals surface area contributed by atoms with Crippen molar-refractivity contribution in [3.8, 4) is 11.5 Å². The summed E-state index contributed by atoms with van der Waals surface area (Å²) in [4.78, 5) is 37.7. The molecule has 1 aromatic carbocycles. The lowest BCUT2D eigenvalue weighted by atomic mass is 9.99. The van der Waals surface area contributed by atoms with Crippen molar-refractivity contribution < 1.29 is 44.5 Å². The summed E-state index contributed by atoms with van der Waals surface area (Å²) in [5, 5.41) is 47.1. The van der Waals surface area contributed by atoms with Crippen molar-refractivity contribution in [2.45, 2.75) is 31.3 Å². The molecule has 2 aliphatic rings. The monoisotopic (exact) mass is 389 g/mol. The van der Waals surface area contributed by atoms with Crippen LogP contribution in [0.5, 0.6) is 11.5 Å². The Balaban J connectivity index is 1.95. The number of aromatic hydroxyl groups is 2. The van der Waals surface area contributed by atoms with E-state index in [9.17, 15) is 29.7 Å². The molecule has 0 fully saturated rings. The first kappa shape index (κ1) is 19.1. The Morgan fingerprint density at radius 1 is 1.07 bits per heavy atom. The van der Waals surface area contributed by atoms with E-state index in [4.69, 9.17) is 10.2 Å². The van der Waals surface area contributed by atoms with E-state index in [0.29, 0.717) is 16.8 Å². The average molecular weight is 389 g/mol. The lowest BCUT2D eigenvalue weighted by Crippen LogP contribution is -2.30. The zero-order valence-electron chi connectivity index (χ0n) is 14.4. The molecule has 5 N–H and O–H groups in total. The van der Waals surface area contributed by atoms with Crippen LogP contribution < -0.4 is 0 Å². The number of nitrogens with zero attached hydrogens (tertiary/aromatic N) is 2. The van der Waals surface area contributed by atoms with Crippen LogP contribution in [0.1, 0.15) is 18.4 Å². The van der Waals surface area contributed by atoms with Crippen LogP contribution in [-0.4, -0.2) is 72.0 Å². The van der Waals surface area contributed by atoms with Gasteiger partial charge in [-0.25, -0.2) is 14.4 Å². The van der Waals surface area contributed by atoms with Crippen LogP contribution in [0, 0.1) is 0 Å². The Morgan fingerprint density at radius 2 is 1.75 bits per heavy atom. The maximum atomic E-state index is 11.6. The van der Waals surface area contributed by atoms with Crippen molar-refractivity contribution >= 4 is 35.5 Å². The summed E-state index contributed by atoms with van der Waals surface area (Å²) in [6, 6.07) is 0.359. The lowest BCUT2D eigenvalue weighted by Gasteiger charge is -2.15. The number of hydrogen-bond acceptors (Lipinski definition) is 6. The number of carbonyl (C=O) groups is 3. The van der Waals surface area contributed by atoms with E-state index in [-0.39, 0.29) is 30.7 Å². The number of dihydropyridines is 1. The fourth-order valence-electron chi connectivity index (χ4n) is 3.29. The fourth-order valence-corrected chi connectivity index (χ4v) is 3.29. The van der Waals surface area contributed by atoms with Gasteiger partial charge in [0.1, 0.15) is 5.71 Å². The van der Waals surface area contributed by atoms with Crippen molar-refractivity contribution in [3.63, 3.8) is 0 Å². The van der Waals surface area contributed by atoms with Crippen LogP contribution >= 0.6 is 0 Å².